The Kier molecular flexibility index (Phi) is 3.95. The zero-order chi connectivity index (χ0) is 16.0. The molecule has 0 atom stereocenters. The van der Waals surface area contributed by atoms with Crippen molar-refractivity contribution in [2.24, 2.45) is 0 Å². The number of benzene rings is 1. The Morgan fingerprint density at radius 1 is 1.09 bits per heavy atom. The maximum Gasteiger partial charge on any atom is 0.497 e. The molecule has 0 saturated carbocycles. The normalized spacial score (nSPS) is 23.9. The van der Waals surface area contributed by atoms with Gasteiger partial charge in [0.15, 0.2) is 0 Å². The van der Waals surface area contributed by atoms with Gasteiger partial charge in [0.05, 0.1) is 11.2 Å². The highest BCUT2D eigenvalue weighted by molar-refractivity contribution is 6.62. The number of hydrogen-bond acceptors (Lipinski definition) is 4. The molecule has 0 bridgehead atoms. The first-order valence-electron chi connectivity index (χ1n) is 7.91. The summed E-state index contributed by atoms with van der Waals surface area (Å²) in [5.74, 6) is -0.269. The standard InChI is InChI=1S/C16H24BFN2O2/c1-15(2)16(3,4)22-17(21-15)13-6-5-12(11-14(13)18)20-9-7-19-8-10-20/h5-6,11,19H,7-10H2,1-4H3. The van der Waals surface area contributed by atoms with Crippen LogP contribution in [0.5, 0.6) is 0 Å². The molecule has 1 aromatic rings. The molecule has 2 heterocycles. The summed E-state index contributed by atoms with van der Waals surface area (Å²) in [6.45, 7) is 11.5. The molecule has 6 heteroatoms. The lowest BCUT2D eigenvalue weighted by Gasteiger charge is -2.32. The van der Waals surface area contributed by atoms with Gasteiger partial charge in [-0.15, -0.1) is 0 Å². The van der Waals surface area contributed by atoms with E-state index in [4.69, 9.17) is 9.31 Å². The van der Waals surface area contributed by atoms with E-state index in [1.807, 2.05) is 33.8 Å². The van der Waals surface area contributed by atoms with E-state index in [0.29, 0.717) is 5.46 Å². The molecule has 2 fully saturated rings. The van der Waals surface area contributed by atoms with Gasteiger partial charge >= 0.3 is 7.12 Å². The average molecular weight is 306 g/mol. The second-order valence-electron chi connectivity index (χ2n) is 7.03. The Morgan fingerprint density at radius 3 is 2.23 bits per heavy atom. The zero-order valence-electron chi connectivity index (χ0n) is 13.8. The molecule has 0 amide bonds. The number of halogens is 1. The van der Waals surface area contributed by atoms with Crippen molar-refractivity contribution >= 4 is 18.3 Å². The highest BCUT2D eigenvalue weighted by Crippen LogP contribution is 2.36. The number of hydrogen-bond donors (Lipinski definition) is 1. The first-order chi connectivity index (χ1) is 10.3. The fraction of sp³-hybridized carbons (Fsp3) is 0.625. The van der Waals surface area contributed by atoms with Crippen molar-refractivity contribution in [3.63, 3.8) is 0 Å². The molecule has 2 aliphatic rings. The maximum absolute atomic E-state index is 14.6. The van der Waals surface area contributed by atoms with Crippen LogP contribution in [0.2, 0.25) is 0 Å². The smallest absolute Gasteiger partial charge is 0.399 e. The third kappa shape index (κ3) is 2.75. The minimum Gasteiger partial charge on any atom is -0.399 e. The molecule has 2 aliphatic heterocycles. The molecular weight excluding hydrogens is 282 g/mol. The molecule has 4 nitrogen and oxygen atoms in total. The monoisotopic (exact) mass is 306 g/mol. The molecule has 0 aliphatic carbocycles. The second-order valence-corrected chi connectivity index (χ2v) is 7.03. The van der Waals surface area contributed by atoms with Gasteiger partial charge < -0.3 is 19.5 Å². The van der Waals surface area contributed by atoms with Crippen LogP contribution in [0, 0.1) is 5.82 Å². The van der Waals surface area contributed by atoms with E-state index in [-0.39, 0.29) is 5.82 Å². The van der Waals surface area contributed by atoms with Crippen molar-refractivity contribution in [2.45, 2.75) is 38.9 Å². The molecule has 0 spiro atoms. The topological polar surface area (TPSA) is 33.7 Å². The average Bonchev–Trinajstić information content (AvgIpc) is 2.68. The van der Waals surface area contributed by atoms with Gasteiger partial charge in [0.25, 0.3) is 0 Å². The van der Waals surface area contributed by atoms with Crippen LogP contribution in [0.25, 0.3) is 0 Å². The van der Waals surface area contributed by atoms with Crippen LogP contribution in [-0.4, -0.2) is 44.5 Å². The summed E-state index contributed by atoms with van der Waals surface area (Å²) >= 11 is 0. The van der Waals surface area contributed by atoms with Crippen molar-refractivity contribution in [3.05, 3.63) is 24.0 Å². The number of piperazine rings is 1. The molecule has 2 saturated heterocycles. The summed E-state index contributed by atoms with van der Waals surface area (Å²) < 4.78 is 26.4. The quantitative estimate of drug-likeness (QED) is 0.840. The lowest BCUT2D eigenvalue weighted by Crippen LogP contribution is -2.44. The van der Waals surface area contributed by atoms with Crippen molar-refractivity contribution in [1.29, 1.82) is 0 Å². The molecule has 0 aromatic heterocycles. The summed E-state index contributed by atoms with van der Waals surface area (Å²) in [7, 11) is -0.651. The number of nitrogens with zero attached hydrogens (tertiary/aromatic N) is 1. The van der Waals surface area contributed by atoms with Gasteiger partial charge in [-0.1, -0.05) is 6.07 Å². The van der Waals surface area contributed by atoms with Crippen molar-refractivity contribution in [2.75, 3.05) is 31.1 Å². The van der Waals surface area contributed by atoms with Crippen molar-refractivity contribution in [3.8, 4) is 0 Å². The fourth-order valence-corrected chi connectivity index (χ4v) is 2.80. The van der Waals surface area contributed by atoms with Crippen LogP contribution in [0.3, 0.4) is 0 Å². The largest absolute Gasteiger partial charge is 0.497 e. The van der Waals surface area contributed by atoms with Crippen LogP contribution in [0.4, 0.5) is 10.1 Å². The van der Waals surface area contributed by atoms with E-state index >= 15 is 0 Å². The van der Waals surface area contributed by atoms with E-state index in [1.165, 1.54) is 0 Å². The Balaban J connectivity index is 1.81. The van der Waals surface area contributed by atoms with E-state index < -0.39 is 18.3 Å². The fourth-order valence-electron chi connectivity index (χ4n) is 2.80. The Labute approximate surface area is 132 Å². The summed E-state index contributed by atoms with van der Waals surface area (Å²) in [6, 6.07) is 5.33. The van der Waals surface area contributed by atoms with Crippen LogP contribution in [0.1, 0.15) is 27.7 Å². The molecule has 0 radical (unpaired) electrons. The van der Waals surface area contributed by atoms with Gasteiger partial charge in [0, 0.05) is 37.3 Å². The Hall–Kier alpha value is -1.11. The van der Waals surface area contributed by atoms with Crippen LogP contribution in [-0.2, 0) is 9.31 Å². The first-order valence-corrected chi connectivity index (χ1v) is 7.91. The molecule has 22 heavy (non-hydrogen) atoms. The minimum atomic E-state index is -0.651. The Bertz CT molecular complexity index is 543. The molecule has 1 N–H and O–H groups in total. The van der Waals surface area contributed by atoms with Gasteiger partial charge in [0.2, 0.25) is 0 Å². The van der Waals surface area contributed by atoms with Gasteiger partial charge in [-0.3, -0.25) is 0 Å². The number of anilines is 1. The number of rotatable bonds is 2. The van der Waals surface area contributed by atoms with E-state index in [9.17, 15) is 4.39 Å². The van der Waals surface area contributed by atoms with Crippen LogP contribution < -0.4 is 15.7 Å². The first kappa shape index (κ1) is 15.8. The third-order valence-corrected chi connectivity index (χ3v) is 4.97. The molecule has 0 unspecified atom stereocenters. The summed E-state index contributed by atoms with van der Waals surface area (Å²) in [4.78, 5) is 2.19. The predicted molar refractivity (Wildman–Crippen MR) is 87.2 cm³/mol. The molecule has 1 aromatic carbocycles. The minimum absolute atomic E-state index is 0.269. The summed E-state index contributed by atoms with van der Waals surface area (Å²) in [5, 5.41) is 3.30. The van der Waals surface area contributed by atoms with Crippen molar-refractivity contribution < 1.29 is 13.7 Å². The lowest BCUT2D eigenvalue weighted by molar-refractivity contribution is 0.00578. The summed E-state index contributed by atoms with van der Waals surface area (Å²) in [5.41, 5.74) is 0.472. The maximum atomic E-state index is 14.6. The van der Waals surface area contributed by atoms with Crippen LogP contribution >= 0.6 is 0 Å². The molecular formula is C16H24BFN2O2. The lowest BCUT2D eigenvalue weighted by atomic mass is 9.78. The highest BCUT2D eigenvalue weighted by Gasteiger charge is 2.52. The second kappa shape index (κ2) is 5.51. The van der Waals surface area contributed by atoms with Crippen LogP contribution in [0.15, 0.2) is 18.2 Å². The predicted octanol–water partition coefficient (Wildman–Crippen LogP) is 1.53. The summed E-state index contributed by atoms with van der Waals surface area (Å²) in [6.07, 6.45) is 0. The van der Waals surface area contributed by atoms with E-state index in [0.717, 1.165) is 31.9 Å². The molecule has 3 rings (SSSR count). The zero-order valence-corrected chi connectivity index (χ0v) is 13.8. The van der Waals surface area contributed by atoms with Gasteiger partial charge in [-0.25, -0.2) is 4.39 Å². The van der Waals surface area contributed by atoms with Gasteiger partial charge in [-0.2, -0.15) is 0 Å². The highest BCUT2D eigenvalue weighted by atomic mass is 19.1. The van der Waals surface area contributed by atoms with E-state index in [1.54, 1.807) is 12.1 Å². The SMILES string of the molecule is CC1(C)OB(c2ccc(N3CCNCC3)cc2F)OC1(C)C. The van der Waals surface area contributed by atoms with E-state index in [2.05, 4.69) is 10.2 Å². The van der Waals surface area contributed by atoms with Gasteiger partial charge in [-0.05, 0) is 39.8 Å². The van der Waals surface area contributed by atoms with Crippen molar-refractivity contribution in [1.82, 2.24) is 5.32 Å². The Morgan fingerprint density at radius 2 is 1.68 bits per heavy atom. The molecule has 120 valence electrons. The van der Waals surface area contributed by atoms with Gasteiger partial charge in [0.1, 0.15) is 5.82 Å². The third-order valence-electron chi connectivity index (χ3n) is 4.97. The number of nitrogens with one attached hydrogen (secondary N) is 1.